The van der Waals surface area contributed by atoms with E-state index in [-0.39, 0.29) is 0 Å². The number of hydrogen-bond acceptors (Lipinski definition) is 2. The van der Waals surface area contributed by atoms with Crippen LogP contribution in [0.25, 0.3) is 5.65 Å². The van der Waals surface area contributed by atoms with Crippen LogP contribution in [0.15, 0.2) is 23.2 Å². The van der Waals surface area contributed by atoms with Gasteiger partial charge in [0.15, 0.2) is 5.65 Å². The Balaban J connectivity index is 2.67. The second-order valence-electron chi connectivity index (χ2n) is 2.34. The van der Waals surface area contributed by atoms with Gasteiger partial charge in [0, 0.05) is 12.4 Å². The first-order valence-electron chi connectivity index (χ1n) is 3.34. The van der Waals surface area contributed by atoms with E-state index in [0.717, 1.165) is 15.9 Å². The van der Waals surface area contributed by atoms with Crippen molar-refractivity contribution < 1.29 is 0 Å². The van der Waals surface area contributed by atoms with Crippen molar-refractivity contribution in [2.45, 2.75) is 5.88 Å². The van der Waals surface area contributed by atoms with Gasteiger partial charge < -0.3 is 4.40 Å². The van der Waals surface area contributed by atoms with Crippen molar-refractivity contribution in [2.24, 2.45) is 0 Å². The largest absolute Gasteiger partial charge is 0.303 e. The quantitative estimate of drug-likeness (QED) is 0.722. The van der Waals surface area contributed by atoms with E-state index in [0.29, 0.717) is 5.88 Å². The monoisotopic (exact) mass is 245 g/mol. The van der Waals surface area contributed by atoms with Crippen LogP contribution < -0.4 is 0 Å². The van der Waals surface area contributed by atoms with E-state index in [2.05, 4.69) is 25.9 Å². The minimum absolute atomic E-state index is 0.430. The molecule has 12 heavy (non-hydrogen) atoms. The van der Waals surface area contributed by atoms with Crippen molar-refractivity contribution >= 4 is 33.2 Å². The standard InChI is InChI=1S/C7H5BrClN3/c8-6-4-12-3-5(1-9)11-7(12)2-10-6/h2-4H,1H2. The Hall–Kier alpha value is -0.610. The zero-order chi connectivity index (χ0) is 8.55. The van der Waals surface area contributed by atoms with Gasteiger partial charge in [0.1, 0.15) is 4.60 Å². The fraction of sp³-hybridized carbons (Fsp3) is 0.143. The van der Waals surface area contributed by atoms with Crippen LogP contribution in [-0.2, 0) is 5.88 Å². The first kappa shape index (κ1) is 8.01. The maximum Gasteiger partial charge on any atom is 0.155 e. The van der Waals surface area contributed by atoms with Crippen LogP contribution in [0.4, 0.5) is 0 Å². The molecule has 0 spiro atoms. The Morgan fingerprint density at radius 2 is 2.33 bits per heavy atom. The highest BCUT2D eigenvalue weighted by Crippen LogP contribution is 2.10. The summed E-state index contributed by atoms with van der Waals surface area (Å²) in [6.45, 7) is 0. The lowest BCUT2D eigenvalue weighted by Crippen LogP contribution is -1.84. The fourth-order valence-electron chi connectivity index (χ4n) is 0.991. The molecule has 0 aliphatic heterocycles. The van der Waals surface area contributed by atoms with E-state index >= 15 is 0 Å². The summed E-state index contributed by atoms with van der Waals surface area (Å²) >= 11 is 8.90. The minimum atomic E-state index is 0.430. The number of imidazole rings is 1. The molecule has 2 heterocycles. The molecular weight excluding hydrogens is 241 g/mol. The van der Waals surface area contributed by atoms with E-state index in [9.17, 15) is 0 Å². The molecule has 0 aliphatic rings. The molecule has 0 unspecified atom stereocenters. The van der Waals surface area contributed by atoms with Crippen molar-refractivity contribution in [3.05, 3.63) is 28.9 Å². The zero-order valence-corrected chi connectivity index (χ0v) is 8.38. The van der Waals surface area contributed by atoms with Gasteiger partial charge in [-0.2, -0.15) is 0 Å². The molecule has 5 heteroatoms. The van der Waals surface area contributed by atoms with Crippen LogP contribution in [0.3, 0.4) is 0 Å². The normalized spacial score (nSPS) is 10.8. The second kappa shape index (κ2) is 3.03. The van der Waals surface area contributed by atoms with Crippen molar-refractivity contribution in [2.75, 3.05) is 0 Å². The number of halogens is 2. The van der Waals surface area contributed by atoms with Gasteiger partial charge in [-0.05, 0) is 15.9 Å². The Labute approximate surface area is 82.5 Å². The van der Waals surface area contributed by atoms with E-state index in [4.69, 9.17) is 11.6 Å². The molecule has 0 saturated heterocycles. The Kier molecular flexibility index (Phi) is 2.02. The number of alkyl halides is 1. The Morgan fingerprint density at radius 1 is 1.50 bits per heavy atom. The van der Waals surface area contributed by atoms with Crippen LogP contribution in [0.5, 0.6) is 0 Å². The summed E-state index contributed by atoms with van der Waals surface area (Å²) < 4.78 is 2.67. The third-order valence-corrected chi connectivity index (χ3v) is 2.18. The van der Waals surface area contributed by atoms with Gasteiger partial charge in [0.05, 0.1) is 17.8 Å². The SMILES string of the molecule is ClCc1cn2cc(Br)ncc2n1. The summed E-state index contributed by atoms with van der Waals surface area (Å²) in [7, 11) is 0. The number of rotatable bonds is 1. The molecule has 0 radical (unpaired) electrons. The van der Waals surface area contributed by atoms with Crippen molar-refractivity contribution in [3.63, 3.8) is 0 Å². The molecule has 0 atom stereocenters. The number of fused-ring (bicyclic) bond motifs is 1. The molecule has 3 nitrogen and oxygen atoms in total. The van der Waals surface area contributed by atoms with Crippen molar-refractivity contribution in [3.8, 4) is 0 Å². The molecule has 0 N–H and O–H groups in total. The topological polar surface area (TPSA) is 30.2 Å². The molecule has 0 fully saturated rings. The summed E-state index contributed by atoms with van der Waals surface area (Å²) in [5, 5.41) is 0. The van der Waals surface area contributed by atoms with E-state index < -0.39 is 0 Å². The molecule has 0 bridgehead atoms. The molecule has 2 rings (SSSR count). The van der Waals surface area contributed by atoms with E-state index in [1.165, 1.54) is 0 Å². The Bertz CT molecular complexity index is 412. The highest BCUT2D eigenvalue weighted by Gasteiger charge is 2.00. The average molecular weight is 246 g/mol. The lowest BCUT2D eigenvalue weighted by atomic mass is 10.6. The van der Waals surface area contributed by atoms with E-state index in [1.807, 2.05) is 16.8 Å². The van der Waals surface area contributed by atoms with Crippen LogP contribution in [0, 0.1) is 0 Å². The number of nitrogens with zero attached hydrogens (tertiary/aromatic N) is 3. The highest BCUT2D eigenvalue weighted by atomic mass is 79.9. The van der Waals surface area contributed by atoms with Gasteiger partial charge in [-0.1, -0.05) is 0 Å². The van der Waals surface area contributed by atoms with Crippen LogP contribution in [0.2, 0.25) is 0 Å². The van der Waals surface area contributed by atoms with Gasteiger partial charge in [0.2, 0.25) is 0 Å². The summed E-state index contributed by atoms with van der Waals surface area (Å²) in [5.41, 5.74) is 1.67. The predicted octanol–water partition coefficient (Wildman–Crippen LogP) is 2.23. The summed E-state index contributed by atoms with van der Waals surface area (Å²) in [5.74, 6) is 0.430. The first-order chi connectivity index (χ1) is 5.79. The van der Waals surface area contributed by atoms with Gasteiger partial charge in [0.25, 0.3) is 0 Å². The van der Waals surface area contributed by atoms with Crippen LogP contribution >= 0.6 is 27.5 Å². The third-order valence-electron chi connectivity index (χ3n) is 1.50. The lowest BCUT2D eigenvalue weighted by molar-refractivity contribution is 1.10. The molecular formula is C7H5BrClN3. The van der Waals surface area contributed by atoms with Crippen LogP contribution in [-0.4, -0.2) is 14.4 Å². The molecule has 0 aliphatic carbocycles. The number of hydrogen-bond donors (Lipinski definition) is 0. The second-order valence-corrected chi connectivity index (χ2v) is 3.42. The summed E-state index contributed by atoms with van der Waals surface area (Å²) in [6, 6.07) is 0. The van der Waals surface area contributed by atoms with Crippen molar-refractivity contribution in [1.82, 2.24) is 14.4 Å². The summed E-state index contributed by atoms with van der Waals surface area (Å²) in [6.07, 6.45) is 5.42. The number of aromatic nitrogens is 3. The first-order valence-corrected chi connectivity index (χ1v) is 4.67. The smallest absolute Gasteiger partial charge is 0.155 e. The minimum Gasteiger partial charge on any atom is -0.303 e. The van der Waals surface area contributed by atoms with Crippen LogP contribution in [0.1, 0.15) is 5.69 Å². The molecule has 0 aromatic carbocycles. The molecule has 62 valence electrons. The van der Waals surface area contributed by atoms with Gasteiger partial charge in [-0.15, -0.1) is 11.6 Å². The molecule has 0 saturated carbocycles. The molecule has 2 aromatic heterocycles. The van der Waals surface area contributed by atoms with Gasteiger partial charge in [-0.3, -0.25) is 0 Å². The Morgan fingerprint density at radius 3 is 3.08 bits per heavy atom. The predicted molar refractivity (Wildman–Crippen MR) is 50.2 cm³/mol. The molecule has 0 amide bonds. The zero-order valence-electron chi connectivity index (χ0n) is 6.04. The average Bonchev–Trinajstić information content (AvgIpc) is 2.46. The lowest BCUT2D eigenvalue weighted by Gasteiger charge is -1.90. The van der Waals surface area contributed by atoms with Gasteiger partial charge >= 0.3 is 0 Å². The van der Waals surface area contributed by atoms with Crippen molar-refractivity contribution in [1.29, 1.82) is 0 Å². The fourth-order valence-corrected chi connectivity index (χ4v) is 1.44. The molecule has 2 aromatic rings. The highest BCUT2D eigenvalue weighted by molar-refractivity contribution is 9.10. The third kappa shape index (κ3) is 1.32. The summed E-state index contributed by atoms with van der Waals surface area (Å²) in [4.78, 5) is 8.27. The van der Waals surface area contributed by atoms with E-state index in [1.54, 1.807) is 6.20 Å². The van der Waals surface area contributed by atoms with Gasteiger partial charge in [-0.25, -0.2) is 9.97 Å². The maximum atomic E-state index is 5.63. The maximum absolute atomic E-state index is 5.63.